The van der Waals surface area contributed by atoms with Gasteiger partial charge in [0.25, 0.3) is 0 Å². The van der Waals surface area contributed by atoms with E-state index >= 15 is 0 Å². The average molecular weight is 394 g/mol. The lowest BCUT2D eigenvalue weighted by Crippen LogP contribution is -1.98. The number of benzene rings is 1. The Bertz CT molecular complexity index is 548. The molecular formula is C10H6BrFIN3. The van der Waals surface area contributed by atoms with Gasteiger partial charge in [-0.3, -0.25) is 0 Å². The Hall–Kier alpha value is -0.760. The molecule has 1 heterocycles. The summed E-state index contributed by atoms with van der Waals surface area (Å²) in [7, 11) is 0. The maximum atomic E-state index is 12.9. The number of nitrogens with two attached hydrogens (primary N) is 1. The lowest BCUT2D eigenvalue weighted by Gasteiger charge is -2.04. The van der Waals surface area contributed by atoms with Gasteiger partial charge < -0.3 is 5.73 Å². The van der Waals surface area contributed by atoms with E-state index in [1.165, 1.54) is 12.1 Å². The highest BCUT2D eigenvalue weighted by Gasteiger charge is 2.08. The van der Waals surface area contributed by atoms with Crippen LogP contribution in [0.2, 0.25) is 0 Å². The molecule has 2 aromatic rings. The molecule has 3 nitrogen and oxygen atoms in total. The van der Waals surface area contributed by atoms with Crippen molar-refractivity contribution in [1.82, 2.24) is 9.97 Å². The Morgan fingerprint density at radius 2 is 2.12 bits per heavy atom. The van der Waals surface area contributed by atoms with Gasteiger partial charge in [0, 0.05) is 16.2 Å². The van der Waals surface area contributed by atoms with Crippen molar-refractivity contribution in [2.24, 2.45) is 0 Å². The average Bonchev–Trinajstić information content (AvgIpc) is 2.22. The zero-order valence-corrected chi connectivity index (χ0v) is 11.7. The van der Waals surface area contributed by atoms with E-state index in [4.69, 9.17) is 5.73 Å². The van der Waals surface area contributed by atoms with Gasteiger partial charge >= 0.3 is 0 Å². The summed E-state index contributed by atoms with van der Waals surface area (Å²) in [4.78, 5) is 8.29. The standard InChI is InChI=1S/C10H6BrFIN3/c11-7-3-5(12)1-2-6(7)10-15-4-8(13)9(14)16-10/h1-4H,(H2,14,15,16). The maximum Gasteiger partial charge on any atom is 0.162 e. The van der Waals surface area contributed by atoms with Crippen LogP contribution in [0.25, 0.3) is 11.4 Å². The van der Waals surface area contributed by atoms with Crippen LogP contribution in [0, 0.1) is 9.39 Å². The minimum atomic E-state index is -0.311. The molecule has 0 amide bonds. The summed E-state index contributed by atoms with van der Waals surface area (Å²) in [6.07, 6.45) is 1.63. The highest BCUT2D eigenvalue weighted by Crippen LogP contribution is 2.27. The first-order chi connectivity index (χ1) is 7.58. The maximum absolute atomic E-state index is 12.9. The highest BCUT2D eigenvalue weighted by atomic mass is 127. The smallest absolute Gasteiger partial charge is 0.162 e. The van der Waals surface area contributed by atoms with Crippen LogP contribution in [0.1, 0.15) is 0 Å². The van der Waals surface area contributed by atoms with Gasteiger partial charge in [-0.1, -0.05) is 0 Å². The number of nitrogen functional groups attached to an aromatic ring is 1. The Balaban J connectivity index is 2.54. The summed E-state index contributed by atoms with van der Waals surface area (Å²) < 4.78 is 14.3. The van der Waals surface area contributed by atoms with E-state index in [0.717, 1.165) is 3.57 Å². The third-order valence-electron chi connectivity index (χ3n) is 1.94. The Morgan fingerprint density at radius 1 is 1.38 bits per heavy atom. The third kappa shape index (κ3) is 2.32. The topological polar surface area (TPSA) is 51.8 Å². The molecule has 1 aromatic carbocycles. The van der Waals surface area contributed by atoms with Crippen LogP contribution < -0.4 is 5.73 Å². The molecule has 0 atom stereocenters. The monoisotopic (exact) mass is 393 g/mol. The van der Waals surface area contributed by atoms with E-state index in [-0.39, 0.29) is 5.82 Å². The number of rotatable bonds is 1. The van der Waals surface area contributed by atoms with Crippen molar-refractivity contribution in [3.8, 4) is 11.4 Å². The summed E-state index contributed by atoms with van der Waals surface area (Å²) in [5.41, 5.74) is 6.40. The lowest BCUT2D eigenvalue weighted by molar-refractivity contribution is 0.627. The number of anilines is 1. The number of nitrogens with zero attached hydrogens (tertiary/aromatic N) is 2. The second-order valence-corrected chi connectivity index (χ2v) is 5.07. The van der Waals surface area contributed by atoms with Crippen molar-refractivity contribution >= 4 is 44.3 Å². The summed E-state index contributed by atoms with van der Waals surface area (Å²) in [6, 6.07) is 4.34. The van der Waals surface area contributed by atoms with Crippen LogP contribution in [-0.4, -0.2) is 9.97 Å². The summed E-state index contributed by atoms with van der Waals surface area (Å²) >= 11 is 5.32. The quantitative estimate of drug-likeness (QED) is 0.757. The number of hydrogen-bond donors (Lipinski definition) is 1. The molecule has 0 spiro atoms. The fraction of sp³-hybridized carbons (Fsp3) is 0. The lowest BCUT2D eigenvalue weighted by atomic mass is 10.2. The SMILES string of the molecule is Nc1nc(-c2ccc(F)cc2Br)ncc1I. The first kappa shape index (κ1) is 11.7. The first-order valence-corrected chi connectivity index (χ1v) is 6.18. The van der Waals surface area contributed by atoms with Gasteiger partial charge in [-0.05, 0) is 56.7 Å². The Kier molecular flexibility index (Phi) is 3.38. The number of aromatic nitrogens is 2. The van der Waals surface area contributed by atoms with E-state index in [9.17, 15) is 4.39 Å². The van der Waals surface area contributed by atoms with Crippen LogP contribution >= 0.6 is 38.5 Å². The molecule has 0 aliphatic carbocycles. The zero-order valence-electron chi connectivity index (χ0n) is 7.92. The van der Waals surface area contributed by atoms with Gasteiger partial charge in [-0.25, -0.2) is 14.4 Å². The van der Waals surface area contributed by atoms with E-state index in [1.54, 1.807) is 12.3 Å². The second-order valence-electron chi connectivity index (χ2n) is 3.05. The highest BCUT2D eigenvalue weighted by molar-refractivity contribution is 14.1. The van der Waals surface area contributed by atoms with Gasteiger partial charge in [0.15, 0.2) is 5.82 Å². The molecule has 2 N–H and O–H groups in total. The molecule has 0 saturated heterocycles. The molecule has 0 radical (unpaired) electrons. The minimum Gasteiger partial charge on any atom is -0.383 e. The largest absolute Gasteiger partial charge is 0.383 e. The summed E-state index contributed by atoms with van der Waals surface area (Å²) in [5, 5.41) is 0. The van der Waals surface area contributed by atoms with Crippen LogP contribution in [0.15, 0.2) is 28.9 Å². The van der Waals surface area contributed by atoms with Crippen LogP contribution in [-0.2, 0) is 0 Å². The normalized spacial score (nSPS) is 10.4. The van der Waals surface area contributed by atoms with Crippen molar-refractivity contribution < 1.29 is 4.39 Å². The van der Waals surface area contributed by atoms with Crippen molar-refractivity contribution in [2.75, 3.05) is 5.73 Å². The third-order valence-corrected chi connectivity index (χ3v) is 3.43. The predicted octanol–water partition coefficient (Wildman–Crippen LogP) is 3.23. The Labute approximate surface area is 114 Å². The molecular weight excluding hydrogens is 388 g/mol. The minimum absolute atomic E-state index is 0.311. The van der Waals surface area contributed by atoms with Gasteiger partial charge in [-0.15, -0.1) is 0 Å². The van der Waals surface area contributed by atoms with Gasteiger partial charge in [-0.2, -0.15) is 0 Å². The summed E-state index contributed by atoms with van der Waals surface area (Å²) in [5.74, 6) is 0.584. The van der Waals surface area contributed by atoms with Gasteiger partial charge in [0.2, 0.25) is 0 Å². The van der Waals surface area contributed by atoms with Crippen molar-refractivity contribution in [3.05, 3.63) is 38.3 Å². The molecule has 2 rings (SSSR count). The van der Waals surface area contributed by atoms with Gasteiger partial charge in [0.1, 0.15) is 11.6 Å². The van der Waals surface area contributed by atoms with Gasteiger partial charge in [0.05, 0.1) is 3.57 Å². The van der Waals surface area contributed by atoms with Crippen LogP contribution in [0.3, 0.4) is 0 Å². The first-order valence-electron chi connectivity index (χ1n) is 4.31. The molecule has 0 unspecified atom stereocenters. The van der Waals surface area contributed by atoms with E-state index < -0.39 is 0 Å². The summed E-state index contributed by atoms with van der Waals surface area (Å²) in [6.45, 7) is 0. The molecule has 0 aliphatic rings. The fourth-order valence-corrected chi connectivity index (χ4v) is 1.97. The van der Waals surface area contributed by atoms with Crippen molar-refractivity contribution in [3.63, 3.8) is 0 Å². The number of halogens is 3. The fourth-order valence-electron chi connectivity index (χ4n) is 1.18. The van der Waals surface area contributed by atoms with Crippen molar-refractivity contribution in [2.45, 2.75) is 0 Å². The Morgan fingerprint density at radius 3 is 2.75 bits per heavy atom. The molecule has 82 valence electrons. The molecule has 16 heavy (non-hydrogen) atoms. The van der Waals surface area contributed by atoms with Crippen molar-refractivity contribution in [1.29, 1.82) is 0 Å². The predicted molar refractivity (Wildman–Crippen MR) is 72.3 cm³/mol. The molecule has 1 aromatic heterocycles. The molecule has 0 saturated carbocycles. The van der Waals surface area contributed by atoms with E-state index in [1.807, 2.05) is 0 Å². The van der Waals surface area contributed by atoms with Crippen LogP contribution in [0.5, 0.6) is 0 Å². The molecule has 6 heteroatoms. The second kappa shape index (κ2) is 4.62. The molecule has 0 fully saturated rings. The molecule has 0 aliphatic heterocycles. The van der Waals surface area contributed by atoms with E-state index in [0.29, 0.717) is 21.7 Å². The molecule has 0 bridgehead atoms. The zero-order chi connectivity index (χ0) is 11.7. The number of hydrogen-bond acceptors (Lipinski definition) is 3. The van der Waals surface area contributed by atoms with E-state index in [2.05, 4.69) is 48.5 Å². The van der Waals surface area contributed by atoms with Crippen LogP contribution in [0.4, 0.5) is 10.2 Å².